The van der Waals surface area contributed by atoms with Crippen LogP contribution in [0, 0.1) is 0 Å². The molecule has 0 aliphatic rings. The predicted molar refractivity (Wildman–Crippen MR) is 62.9 cm³/mol. The Balaban J connectivity index is 2.55. The van der Waals surface area contributed by atoms with Gasteiger partial charge in [0.1, 0.15) is 5.75 Å². The first-order valence-corrected chi connectivity index (χ1v) is 4.86. The number of nitrogens with one attached hydrogen (secondary N) is 2. The number of rotatable bonds is 3. The monoisotopic (exact) mass is 210 g/mol. The van der Waals surface area contributed by atoms with Gasteiger partial charge in [-0.05, 0) is 43.4 Å². The molecule has 14 heavy (non-hydrogen) atoms. The van der Waals surface area contributed by atoms with E-state index in [0.29, 0.717) is 5.11 Å². The Bertz CT molecular complexity index is 297. The van der Waals surface area contributed by atoms with Gasteiger partial charge in [0.15, 0.2) is 5.11 Å². The van der Waals surface area contributed by atoms with E-state index in [4.69, 9.17) is 17.0 Å². The molecule has 0 aliphatic carbocycles. The summed E-state index contributed by atoms with van der Waals surface area (Å²) in [4.78, 5) is 0. The van der Waals surface area contributed by atoms with Crippen molar-refractivity contribution in [1.29, 1.82) is 0 Å². The maximum atomic E-state index is 5.05. The fourth-order valence-electron chi connectivity index (χ4n) is 1.01. The number of anilines is 1. The lowest BCUT2D eigenvalue weighted by atomic mass is 10.3. The first-order chi connectivity index (χ1) is 6.76. The van der Waals surface area contributed by atoms with Crippen molar-refractivity contribution in [3.63, 3.8) is 0 Å². The Morgan fingerprint density at radius 1 is 1.36 bits per heavy atom. The van der Waals surface area contributed by atoms with E-state index in [1.54, 1.807) is 7.11 Å². The molecule has 0 saturated heterocycles. The van der Waals surface area contributed by atoms with E-state index < -0.39 is 0 Å². The van der Waals surface area contributed by atoms with Gasteiger partial charge in [0, 0.05) is 12.2 Å². The average Bonchev–Trinajstić information content (AvgIpc) is 2.19. The van der Waals surface area contributed by atoms with Crippen molar-refractivity contribution in [3.05, 3.63) is 24.3 Å². The van der Waals surface area contributed by atoms with Crippen LogP contribution in [0.3, 0.4) is 0 Å². The van der Waals surface area contributed by atoms with E-state index in [1.165, 1.54) is 0 Å². The molecule has 4 heteroatoms. The normalized spacial score (nSPS) is 9.29. The Kier molecular flexibility index (Phi) is 4.19. The number of thiocarbonyl (C=S) groups is 1. The summed E-state index contributed by atoms with van der Waals surface area (Å²) in [6.45, 7) is 2.82. The van der Waals surface area contributed by atoms with Gasteiger partial charge < -0.3 is 15.4 Å². The molecule has 76 valence electrons. The van der Waals surface area contributed by atoms with E-state index in [-0.39, 0.29) is 0 Å². The summed E-state index contributed by atoms with van der Waals surface area (Å²) < 4.78 is 5.05. The molecule has 1 aromatic carbocycles. The highest BCUT2D eigenvalue weighted by atomic mass is 32.1. The number of hydrogen-bond acceptors (Lipinski definition) is 2. The van der Waals surface area contributed by atoms with Crippen molar-refractivity contribution in [3.8, 4) is 5.75 Å². The summed E-state index contributed by atoms with van der Waals surface area (Å²) in [5.74, 6) is 0.838. The summed E-state index contributed by atoms with van der Waals surface area (Å²) in [5.41, 5.74) is 0.955. The van der Waals surface area contributed by atoms with Gasteiger partial charge in [-0.25, -0.2) is 0 Å². The summed E-state index contributed by atoms with van der Waals surface area (Å²) >= 11 is 5.04. The summed E-state index contributed by atoms with van der Waals surface area (Å²) in [5, 5.41) is 6.71. The zero-order valence-electron chi connectivity index (χ0n) is 8.33. The fraction of sp³-hybridized carbons (Fsp3) is 0.300. The van der Waals surface area contributed by atoms with Gasteiger partial charge in [-0.3, -0.25) is 0 Å². The third-order valence-corrected chi connectivity index (χ3v) is 1.93. The summed E-state index contributed by atoms with van der Waals surface area (Å²) in [6.07, 6.45) is 0. The van der Waals surface area contributed by atoms with Gasteiger partial charge >= 0.3 is 0 Å². The standard InChI is InChI=1S/C10H14N2OS/c1-3-11-10(14)12-8-4-6-9(13-2)7-5-8/h4-7H,3H2,1-2H3,(H2,11,12,14). The minimum atomic E-state index is 0.637. The van der Waals surface area contributed by atoms with Gasteiger partial charge in [-0.1, -0.05) is 0 Å². The fourth-order valence-corrected chi connectivity index (χ4v) is 1.27. The Hall–Kier alpha value is -1.29. The van der Waals surface area contributed by atoms with Crippen LogP contribution >= 0.6 is 12.2 Å². The third-order valence-electron chi connectivity index (χ3n) is 1.69. The van der Waals surface area contributed by atoms with Gasteiger partial charge in [0.25, 0.3) is 0 Å². The smallest absolute Gasteiger partial charge is 0.170 e. The van der Waals surface area contributed by atoms with Gasteiger partial charge in [-0.15, -0.1) is 0 Å². The van der Waals surface area contributed by atoms with Crippen LogP contribution in [0.4, 0.5) is 5.69 Å². The van der Waals surface area contributed by atoms with Crippen molar-refractivity contribution in [1.82, 2.24) is 5.32 Å². The molecule has 0 heterocycles. The SMILES string of the molecule is CCNC(=S)Nc1ccc(OC)cc1. The van der Waals surface area contributed by atoms with E-state index >= 15 is 0 Å². The second-order valence-electron chi connectivity index (χ2n) is 2.71. The second-order valence-corrected chi connectivity index (χ2v) is 3.12. The van der Waals surface area contributed by atoms with Crippen LogP contribution in [0.25, 0.3) is 0 Å². The van der Waals surface area contributed by atoms with E-state index in [1.807, 2.05) is 31.2 Å². The number of ether oxygens (including phenoxy) is 1. The van der Waals surface area contributed by atoms with Crippen molar-refractivity contribution in [2.75, 3.05) is 19.0 Å². The van der Waals surface area contributed by atoms with Crippen LogP contribution in [0.15, 0.2) is 24.3 Å². The predicted octanol–water partition coefficient (Wildman–Crippen LogP) is 2.00. The quantitative estimate of drug-likeness (QED) is 0.748. The minimum Gasteiger partial charge on any atom is -0.497 e. The first-order valence-electron chi connectivity index (χ1n) is 4.45. The average molecular weight is 210 g/mol. The van der Waals surface area contributed by atoms with Crippen LogP contribution in [-0.2, 0) is 0 Å². The molecule has 0 aliphatic heterocycles. The number of methoxy groups -OCH3 is 1. The highest BCUT2D eigenvalue weighted by molar-refractivity contribution is 7.80. The molecule has 0 bridgehead atoms. The molecule has 0 radical (unpaired) electrons. The maximum absolute atomic E-state index is 5.05. The molecule has 1 aromatic rings. The molecule has 1 rings (SSSR count). The van der Waals surface area contributed by atoms with Crippen molar-refractivity contribution < 1.29 is 4.74 Å². The van der Waals surface area contributed by atoms with E-state index in [0.717, 1.165) is 18.0 Å². The van der Waals surface area contributed by atoms with Crippen molar-refractivity contribution >= 4 is 23.0 Å². The zero-order chi connectivity index (χ0) is 10.4. The van der Waals surface area contributed by atoms with Crippen LogP contribution in [0.1, 0.15) is 6.92 Å². The topological polar surface area (TPSA) is 33.3 Å². The molecule has 3 nitrogen and oxygen atoms in total. The van der Waals surface area contributed by atoms with Crippen molar-refractivity contribution in [2.45, 2.75) is 6.92 Å². The Morgan fingerprint density at radius 2 is 2.00 bits per heavy atom. The molecule has 0 amide bonds. The molecule has 0 saturated carbocycles. The Morgan fingerprint density at radius 3 is 2.50 bits per heavy atom. The van der Waals surface area contributed by atoms with Crippen LogP contribution in [0.2, 0.25) is 0 Å². The first kappa shape index (κ1) is 10.8. The second kappa shape index (κ2) is 5.44. The molecule has 0 aromatic heterocycles. The summed E-state index contributed by atoms with van der Waals surface area (Å²) in [7, 11) is 1.64. The largest absolute Gasteiger partial charge is 0.497 e. The molecule has 0 atom stereocenters. The van der Waals surface area contributed by atoms with Crippen LogP contribution in [0.5, 0.6) is 5.75 Å². The molecule has 2 N–H and O–H groups in total. The number of benzene rings is 1. The molecular weight excluding hydrogens is 196 g/mol. The molecular formula is C10H14N2OS. The molecule has 0 unspecified atom stereocenters. The van der Waals surface area contributed by atoms with E-state index in [2.05, 4.69) is 10.6 Å². The van der Waals surface area contributed by atoms with Crippen LogP contribution < -0.4 is 15.4 Å². The minimum absolute atomic E-state index is 0.637. The van der Waals surface area contributed by atoms with Gasteiger partial charge in [0.2, 0.25) is 0 Å². The highest BCUT2D eigenvalue weighted by Gasteiger charge is 1.95. The molecule has 0 fully saturated rings. The number of hydrogen-bond donors (Lipinski definition) is 2. The zero-order valence-corrected chi connectivity index (χ0v) is 9.15. The van der Waals surface area contributed by atoms with Crippen molar-refractivity contribution in [2.24, 2.45) is 0 Å². The third kappa shape index (κ3) is 3.22. The van der Waals surface area contributed by atoms with Crippen LogP contribution in [-0.4, -0.2) is 18.8 Å². The van der Waals surface area contributed by atoms with Gasteiger partial charge in [-0.2, -0.15) is 0 Å². The lowest BCUT2D eigenvalue weighted by Crippen LogP contribution is -2.27. The van der Waals surface area contributed by atoms with Gasteiger partial charge in [0.05, 0.1) is 7.11 Å². The highest BCUT2D eigenvalue weighted by Crippen LogP contribution is 2.14. The van der Waals surface area contributed by atoms with E-state index in [9.17, 15) is 0 Å². The maximum Gasteiger partial charge on any atom is 0.170 e. The lowest BCUT2D eigenvalue weighted by molar-refractivity contribution is 0.415. The molecule has 0 spiro atoms. The lowest BCUT2D eigenvalue weighted by Gasteiger charge is -2.08. The summed E-state index contributed by atoms with van der Waals surface area (Å²) in [6, 6.07) is 7.61. The Labute approximate surface area is 89.5 Å².